The molecule has 3 unspecified atom stereocenters. The molecule has 3 aromatic rings. The topological polar surface area (TPSA) is 221 Å². The van der Waals surface area contributed by atoms with Gasteiger partial charge < -0.3 is 29.3 Å². The van der Waals surface area contributed by atoms with Gasteiger partial charge in [-0.05, 0) is 38.1 Å². The maximum absolute atomic E-state index is 14.9. The summed E-state index contributed by atoms with van der Waals surface area (Å²) in [5, 5.41) is 23.5. The molecule has 1 aliphatic heterocycles. The van der Waals surface area contributed by atoms with Gasteiger partial charge in [0.2, 0.25) is 6.23 Å². The van der Waals surface area contributed by atoms with E-state index >= 15 is 0 Å². The molecule has 0 bridgehead atoms. The minimum absolute atomic E-state index is 0.00533. The molecule has 4 N–H and O–H groups in total. The van der Waals surface area contributed by atoms with E-state index in [4.69, 9.17) is 28.7 Å². The standard InChI is InChI=1S/C24H26F2N5O11P/c1-13(21(33)39-14(2)16-8-9-19(40-16)31(35)36)29-43(37,42-15-6-4-3-5-7-15)38-12-17-20(32)24(25,26)22(41-17)30-11-10-18(27)28-23(30)34/h3-11,13-14,17,20,22,32H,12H2,1-2H3,(H,29,37)(H2,27,28,34)/t13-,14?,17+,20?,22+,43?/m0/s1. The number of nitrogens with one attached hydrogen (secondary N) is 1. The normalized spacial score (nSPS) is 22.3. The van der Waals surface area contributed by atoms with E-state index in [1.165, 1.54) is 44.2 Å². The second kappa shape index (κ2) is 12.6. The Bertz CT molecular complexity index is 1570. The number of alkyl halides is 2. The zero-order valence-corrected chi connectivity index (χ0v) is 23.3. The SMILES string of the molecule is CC(OC(=O)[C@H](C)NP(=O)(OC[C@H]1O[C@@H](n2ccc(N)nc2=O)C(F)(F)C1O)Oc1ccccc1)c1ccc([N+](=O)[O-])o1. The first-order valence-corrected chi connectivity index (χ1v) is 14.0. The van der Waals surface area contributed by atoms with Gasteiger partial charge in [0.05, 0.1) is 12.7 Å². The lowest BCUT2D eigenvalue weighted by atomic mass is 10.1. The van der Waals surface area contributed by atoms with Gasteiger partial charge in [0.15, 0.2) is 18.0 Å². The van der Waals surface area contributed by atoms with Gasteiger partial charge in [-0.1, -0.05) is 18.2 Å². The number of hydrogen-bond acceptors (Lipinski definition) is 13. The molecule has 1 saturated heterocycles. The number of halogens is 2. The first-order valence-electron chi connectivity index (χ1n) is 12.5. The van der Waals surface area contributed by atoms with Gasteiger partial charge >= 0.3 is 31.2 Å². The van der Waals surface area contributed by atoms with E-state index in [1.54, 1.807) is 6.07 Å². The molecule has 6 atom stereocenters. The molecule has 232 valence electrons. The smallest absolute Gasteiger partial charge is 0.453 e. The second-order valence-corrected chi connectivity index (χ2v) is 10.9. The molecule has 0 spiro atoms. The van der Waals surface area contributed by atoms with Crippen LogP contribution in [0.3, 0.4) is 0 Å². The summed E-state index contributed by atoms with van der Waals surface area (Å²) in [6, 6.07) is 9.49. The highest BCUT2D eigenvalue weighted by atomic mass is 31.2. The highest BCUT2D eigenvalue weighted by molar-refractivity contribution is 7.52. The van der Waals surface area contributed by atoms with Crippen LogP contribution in [0, 0.1) is 10.1 Å². The number of aromatic nitrogens is 2. The van der Waals surface area contributed by atoms with E-state index in [-0.39, 0.29) is 17.3 Å². The van der Waals surface area contributed by atoms with Gasteiger partial charge in [-0.15, -0.1) is 0 Å². The van der Waals surface area contributed by atoms with Crippen LogP contribution in [0.2, 0.25) is 0 Å². The summed E-state index contributed by atoms with van der Waals surface area (Å²) in [5.41, 5.74) is 4.24. The Labute approximate surface area is 241 Å². The van der Waals surface area contributed by atoms with Crippen LogP contribution >= 0.6 is 7.75 Å². The molecule has 43 heavy (non-hydrogen) atoms. The number of carbonyl (C=O) groups excluding carboxylic acids is 1. The van der Waals surface area contributed by atoms with Crippen LogP contribution in [-0.4, -0.2) is 56.3 Å². The van der Waals surface area contributed by atoms with Crippen LogP contribution < -0.4 is 21.0 Å². The van der Waals surface area contributed by atoms with Crippen molar-refractivity contribution in [2.24, 2.45) is 0 Å². The molecule has 0 saturated carbocycles. The molecule has 3 heterocycles. The summed E-state index contributed by atoms with van der Waals surface area (Å²) >= 11 is 0. The lowest BCUT2D eigenvalue weighted by Gasteiger charge is -2.25. The molecule has 0 amide bonds. The summed E-state index contributed by atoms with van der Waals surface area (Å²) in [5.74, 6) is -5.84. The predicted octanol–water partition coefficient (Wildman–Crippen LogP) is 2.71. The summed E-state index contributed by atoms with van der Waals surface area (Å²) < 4.78 is 70.3. The first-order chi connectivity index (χ1) is 20.2. The number of nitrogens with zero attached hydrogens (tertiary/aromatic N) is 3. The number of aliphatic hydroxyl groups is 1. The average Bonchev–Trinajstić information content (AvgIpc) is 3.52. The predicted molar refractivity (Wildman–Crippen MR) is 141 cm³/mol. The van der Waals surface area contributed by atoms with Crippen LogP contribution in [-0.2, 0) is 23.4 Å². The third-order valence-corrected chi connectivity index (χ3v) is 7.70. The van der Waals surface area contributed by atoms with Gasteiger partial charge in [0.25, 0.3) is 0 Å². The third kappa shape index (κ3) is 7.23. The Hall–Kier alpha value is -4.22. The fourth-order valence-electron chi connectivity index (χ4n) is 3.88. The van der Waals surface area contributed by atoms with Crippen molar-refractivity contribution in [1.29, 1.82) is 0 Å². The summed E-state index contributed by atoms with van der Waals surface area (Å²) in [6.45, 7) is 1.66. The van der Waals surface area contributed by atoms with Crippen LogP contribution in [0.15, 0.2) is 63.9 Å². The zero-order chi connectivity index (χ0) is 31.5. The largest absolute Gasteiger partial charge is 0.459 e. The fraction of sp³-hybridized carbons (Fsp3) is 0.375. The van der Waals surface area contributed by atoms with E-state index in [9.17, 15) is 38.2 Å². The number of aliphatic hydroxyl groups excluding tert-OH is 1. The van der Waals surface area contributed by atoms with Crippen molar-refractivity contribution in [2.75, 3.05) is 12.3 Å². The Morgan fingerprint density at radius 2 is 1.98 bits per heavy atom. The van der Waals surface area contributed by atoms with E-state index in [0.29, 0.717) is 4.57 Å². The number of benzene rings is 1. The first kappa shape index (κ1) is 31.7. The fourth-order valence-corrected chi connectivity index (χ4v) is 5.38. The number of nitrogen functional groups attached to an aromatic ring is 1. The zero-order valence-electron chi connectivity index (χ0n) is 22.4. The number of anilines is 1. The highest BCUT2D eigenvalue weighted by Gasteiger charge is 2.60. The lowest BCUT2D eigenvalue weighted by molar-refractivity contribution is -0.402. The number of furan rings is 1. The van der Waals surface area contributed by atoms with Crippen molar-refractivity contribution in [3.8, 4) is 5.75 Å². The average molecular weight is 629 g/mol. The monoisotopic (exact) mass is 629 g/mol. The molecule has 1 aromatic carbocycles. The maximum Gasteiger partial charge on any atom is 0.459 e. The van der Waals surface area contributed by atoms with Crippen molar-refractivity contribution in [1.82, 2.24) is 14.6 Å². The molecule has 4 rings (SSSR count). The van der Waals surface area contributed by atoms with E-state index < -0.39 is 73.3 Å². The highest BCUT2D eigenvalue weighted by Crippen LogP contribution is 2.48. The molecular formula is C24H26F2N5O11P. The molecule has 2 aromatic heterocycles. The maximum atomic E-state index is 14.9. The molecule has 0 radical (unpaired) electrons. The molecule has 19 heteroatoms. The number of para-hydroxylation sites is 1. The van der Waals surface area contributed by atoms with Gasteiger partial charge in [-0.25, -0.2) is 9.36 Å². The Balaban J connectivity index is 1.48. The van der Waals surface area contributed by atoms with Crippen LogP contribution in [0.5, 0.6) is 5.75 Å². The molecule has 1 fully saturated rings. The number of carbonyl (C=O) groups is 1. The summed E-state index contributed by atoms with van der Waals surface area (Å²) in [7, 11) is -4.60. The summed E-state index contributed by atoms with van der Waals surface area (Å²) in [6.07, 6.45) is -6.82. The quantitative estimate of drug-likeness (QED) is 0.114. The molecule has 1 aliphatic rings. The van der Waals surface area contributed by atoms with Gasteiger partial charge in [-0.3, -0.25) is 24.0 Å². The van der Waals surface area contributed by atoms with Crippen molar-refractivity contribution in [3.05, 3.63) is 81.1 Å². The van der Waals surface area contributed by atoms with Crippen molar-refractivity contribution >= 4 is 25.4 Å². The Morgan fingerprint density at radius 3 is 2.60 bits per heavy atom. The number of nitro groups is 1. The summed E-state index contributed by atoms with van der Waals surface area (Å²) in [4.78, 5) is 38.3. The minimum atomic E-state index is -4.60. The van der Waals surface area contributed by atoms with E-state index in [0.717, 1.165) is 18.3 Å². The third-order valence-electron chi connectivity index (χ3n) is 6.05. The lowest BCUT2D eigenvalue weighted by Crippen LogP contribution is -2.42. The van der Waals surface area contributed by atoms with Crippen molar-refractivity contribution < 1.29 is 51.1 Å². The minimum Gasteiger partial charge on any atom is -0.453 e. The van der Waals surface area contributed by atoms with Gasteiger partial charge in [0, 0.05) is 6.20 Å². The number of hydrogen-bond donors (Lipinski definition) is 3. The van der Waals surface area contributed by atoms with Gasteiger partial charge in [0.1, 0.15) is 28.6 Å². The number of esters is 1. The Kier molecular flexibility index (Phi) is 9.26. The van der Waals surface area contributed by atoms with E-state index in [2.05, 4.69) is 10.1 Å². The molecule has 16 nitrogen and oxygen atoms in total. The number of rotatable bonds is 12. The van der Waals surface area contributed by atoms with Crippen LogP contribution in [0.1, 0.15) is 31.9 Å². The number of ether oxygens (including phenoxy) is 2. The number of nitrogens with two attached hydrogens (primary N) is 1. The van der Waals surface area contributed by atoms with Gasteiger partial charge in [-0.2, -0.15) is 18.9 Å². The van der Waals surface area contributed by atoms with Crippen molar-refractivity contribution in [3.63, 3.8) is 0 Å². The van der Waals surface area contributed by atoms with Crippen molar-refractivity contribution in [2.45, 2.75) is 50.4 Å². The van der Waals surface area contributed by atoms with Crippen LogP contribution in [0.4, 0.5) is 20.5 Å². The molecular weight excluding hydrogens is 603 g/mol. The van der Waals surface area contributed by atoms with E-state index in [1.807, 2.05) is 0 Å². The van der Waals surface area contributed by atoms with Crippen LogP contribution in [0.25, 0.3) is 0 Å². The Morgan fingerprint density at radius 1 is 1.28 bits per heavy atom. The molecule has 0 aliphatic carbocycles. The second-order valence-electron chi connectivity index (χ2n) is 9.25.